The number of aliphatic imine (C=N–C) groups is 1. The van der Waals surface area contributed by atoms with Crippen molar-refractivity contribution in [2.75, 3.05) is 0 Å². The fraction of sp³-hybridized carbons (Fsp3) is 0.100. The van der Waals surface area contributed by atoms with Crippen LogP contribution in [0, 0.1) is 6.92 Å². The third kappa shape index (κ3) is 3.11. The molecular formula is C10H9Cl3N4S. The third-order valence-electron chi connectivity index (χ3n) is 2.05. The molecule has 0 atom stereocenters. The Kier molecular flexibility index (Phi) is 5.34. The van der Waals surface area contributed by atoms with Crippen LogP contribution in [-0.2, 0) is 0 Å². The van der Waals surface area contributed by atoms with Crippen LogP contribution < -0.4 is 5.73 Å². The predicted octanol–water partition coefficient (Wildman–Crippen LogP) is 3.61. The Balaban J connectivity index is 0.00000162. The van der Waals surface area contributed by atoms with Crippen LogP contribution in [0.3, 0.4) is 0 Å². The molecule has 0 spiro atoms. The molecule has 0 bridgehead atoms. The summed E-state index contributed by atoms with van der Waals surface area (Å²) in [6.45, 7) is 1.81. The van der Waals surface area contributed by atoms with Gasteiger partial charge >= 0.3 is 0 Å². The van der Waals surface area contributed by atoms with Crippen molar-refractivity contribution in [3.05, 3.63) is 38.8 Å². The van der Waals surface area contributed by atoms with Crippen molar-refractivity contribution in [1.29, 1.82) is 0 Å². The number of para-hydroxylation sites is 1. The van der Waals surface area contributed by atoms with Crippen molar-refractivity contribution in [1.82, 2.24) is 9.59 Å². The van der Waals surface area contributed by atoms with E-state index in [4.69, 9.17) is 28.9 Å². The smallest absolute Gasteiger partial charge is 0.145 e. The summed E-state index contributed by atoms with van der Waals surface area (Å²) < 4.78 is 3.79. The van der Waals surface area contributed by atoms with Gasteiger partial charge in [0.25, 0.3) is 0 Å². The summed E-state index contributed by atoms with van der Waals surface area (Å²) >= 11 is 13.2. The first-order chi connectivity index (χ1) is 8.09. The molecule has 0 aliphatic carbocycles. The van der Waals surface area contributed by atoms with Gasteiger partial charge in [-0.25, -0.2) is 4.99 Å². The maximum absolute atomic E-state index is 6.00. The second-order valence-electron chi connectivity index (χ2n) is 3.25. The minimum absolute atomic E-state index is 0. The molecular weight excluding hydrogens is 315 g/mol. The molecule has 4 nitrogen and oxygen atoms in total. The number of aromatic nitrogens is 2. The van der Waals surface area contributed by atoms with Crippen LogP contribution in [0.15, 0.2) is 23.2 Å². The zero-order chi connectivity index (χ0) is 12.4. The minimum atomic E-state index is 0. The fourth-order valence-corrected chi connectivity index (χ4v) is 2.27. The van der Waals surface area contributed by atoms with E-state index >= 15 is 0 Å². The number of amidine groups is 1. The van der Waals surface area contributed by atoms with Crippen LogP contribution in [0.25, 0.3) is 0 Å². The summed E-state index contributed by atoms with van der Waals surface area (Å²) in [5.74, 6) is 0.312. The van der Waals surface area contributed by atoms with Gasteiger partial charge in [0, 0.05) is 0 Å². The Morgan fingerprint density at radius 1 is 1.33 bits per heavy atom. The summed E-state index contributed by atoms with van der Waals surface area (Å²) in [5, 5.41) is 4.77. The predicted molar refractivity (Wildman–Crippen MR) is 78.7 cm³/mol. The van der Waals surface area contributed by atoms with Crippen LogP contribution in [0.4, 0.5) is 5.69 Å². The molecule has 18 heavy (non-hydrogen) atoms. The van der Waals surface area contributed by atoms with Gasteiger partial charge in [-0.05, 0) is 30.6 Å². The highest BCUT2D eigenvalue weighted by Gasteiger charge is 2.10. The topological polar surface area (TPSA) is 64.2 Å². The van der Waals surface area contributed by atoms with Gasteiger partial charge in [-0.1, -0.05) is 33.8 Å². The Bertz CT molecular complexity index is 562. The Labute approximate surface area is 124 Å². The van der Waals surface area contributed by atoms with E-state index in [1.807, 2.05) is 6.92 Å². The van der Waals surface area contributed by atoms with Crippen molar-refractivity contribution in [2.24, 2.45) is 10.7 Å². The maximum atomic E-state index is 6.00. The van der Waals surface area contributed by atoms with Crippen LogP contribution in [0.2, 0.25) is 10.0 Å². The Morgan fingerprint density at radius 3 is 2.44 bits per heavy atom. The highest BCUT2D eigenvalue weighted by atomic mass is 35.5. The third-order valence-corrected chi connectivity index (χ3v) is 3.51. The number of aryl methyl sites for hydroxylation is 1. The highest BCUT2D eigenvalue weighted by Crippen LogP contribution is 2.33. The number of halogens is 3. The van der Waals surface area contributed by atoms with E-state index < -0.39 is 0 Å². The number of benzene rings is 1. The van der Waals surface area contributed by atoms with Gasteiger partial charge in [0.15, 0.2) is 0 Å². The van der Waals surface area contributed by atoms with E-state index in [1.165, 1.54) is 11.5 Å². The molecule has 0 unspecified atom stereocenters. The quantitative estimate of drug-likeness (QED) is 0.678. The molecule has 0 amide bonds. The molecule has 0 saturated carbocycles. The molecule has 2 aromatic rings. The van der Waals surface area contributed by atoms with Gasteiger partial charge in [-0.2, -0.15) is 0 Å². The maximum Gasteiger partial charge on any atom is 0.145 e. The molecule has 0 fully saturated rings. The van der Waals surface area contributed by atoms with Crippen molar-refractivity contribution in [3.8, 4) is 0 Å². The largest absolute Gasteiger partial charge is 0.382 e. The van der Waals surface area contributed by atoms with E-state index in [1.54, 1.807) is 18.2 Å². The first-order valence-electron chi connectivity index (χ1n) is 4.67. The molecule has 1 heterocycles. The van der Waals surface area contributed by atoms with Crippen molar-refractivity contribution >= 4 is 58.7 Å². The summed E-state index contributed by atoms with van der Waals surface area (Å²) in [4.78, 5) is 4.95. The first-order valence-corrected chi connectivity index (χ1v) is 6.20. The van der Waals surface area contributed by atoms with Crippen molar-refractivity contribution in [2.45, 2.75) is 6.92 Å². The lowest BCUT2D eigenvalue weighted by Gasteiger charge is -2.02. The Morgan fingerprint density at radius 2 is 1.94 bits per heavy atom. The van der Waals surface area contributed by atoms with Gasteiger partial charge in [-0.15, -0.1) is 17.5 Å². The summed E-state index contributed by atoms with van der Waals surface area (Å²) in [6, 6.07) is 5.16. The number of rotatable bonds is 2. The lowest BCUT2D eigenvalue weighted by atomic mass is 10.3. The van der Waals surface area contributed by atoms with E-state index in [0.29, 0.717) is 21.6 Å². The number of hydrogen-bond donors (Lipinski definition) is 1. The van der Waals surface area contributed by atoms with E-state index in [0.717, 1.165) is 10.6 Å². The molecule has 1 aromatic carbocycles. The molecule has 1 aromatic heterocycles. The van der Waals surface area contributed by atoms with Gasteiger partial charge in [0.05, 0.1) is 15.7 Å². The molecule has 2 N–H and O–H groups in total. The average molecular weight is 324 g/mol. The zero-order valence-electron chi connectivity index (χ0n) is 9.22. The van der Waals surface area contributed by atoms with Gasteiger partial charge in [0.1, 0.15) is 16.4 Å². The highest BCUT2D eigenvalue weighted by molar-refractivity contribution is 7.08. The molecule has 0 aliphatic rings. The van der Waals surface area contributed by atoms with Crippen LogP contribution in [0.1, 0.15) is 10.6 Å². The molecule has 2 rings (SSSR count). The summed E-state index contributed by atoms with van der Waals surface area (Å²) in [6.07, 6.45) is 0. The number of nitrogens with zero attached hydrogens (tertiary/aromatic N) is 3. The van der Waals surface area contributed by atoms with Gasteiger partial charge in [-0.3, -0.25) is 0 Å². The van der Waals surface area contributed by atoms with Gasteiger partial charge in [0.2, 0.25) is 0 Å². The first kappa shape index (κ1) is 15.2. The van der Waals surface area contributed by atoms with Crippen molar-refractivity contribution in [3.63, 3.8) is 0 Å². The number of hydrogen-bond acceptors (Lipinski definition) is 4. The van der Waals surface area contributed by atoms with Crippen molar-refractivity contribution < 1.29 is 0 Å². The molecule has 8 heteroatoms. The van der Waals surface area contributed by atoms with Crippen LogP contribution in [-0.4, -0.2) is 15.4 Å². The SMILES string of the molecule is Cc1nnsc1C(N)=Nc1c(Cl)cccc1Cl.Cl. The monoisotopic (exact) mass is 322 g/mol. The van der Waals surface area contributed by atoms with Crippen LogP contribution >= 0.6 is 47.1 Å². The molecule has 0 saturated heterocycles. The molecule has 96 valence electrons. The van der Waals surface area contributed by atoms with Crippen LogP contribution in [0.5, 0.6) is 0 Å². The minimum Gasteiger partial charge on any atom is -0.382 e. The summed E-state index contributed by atoms with van der Waals surface area (Å²) in [7, 11) is 0. The molecule has 0 radical (unpaired) electrons. The lowest BCUT2D eigenvalue weighted by Crippen LogP contribution is -2.12. The van der Waals surface area contributed by atoms with E-state index in [9.17, 15) is 0 Å². The fourth-order valence-electron chi connectivity index (χ4n) is 1.23. The number of nitrogens with two attached hydrogens (primary N) is 1. The lowest BCUT2D eigenvalue weighted by molar-refractivity contribution is 1.09. The molecule has 0 aliphatic heterocycles. The van der Waals surface area contributed by atoms with Gasteiger partial charge < -0.3 is 5.73 Å². The average Bonchev–Trinajstić information content (AvgIpc) is 2.70. The second kappa shape index (κ2) is 6.33. The summed E-state index contributed by atoms with van der Waals surface area (Å²) in [5.41, 5.74) is 7.07. The normalized spacial score (nSPS) is 11.2. The second-order valence-corrected chi connectivity index (χ2v) is 4.82. The standard InChI is InChI=1S/C10H8Cl2N4S.ClH/c1-5-9(17-16-15-5)10(13)14-8-6(11)3-2-4-7(8)12;/h2-4H,1H3,(H2,13,14);1H. The van der Waals surface area contributed by atoms with E-state index in [-0.39, 0.29) is 12.4 Å². The Hall–Kier alpha value is -0.880. The van der Waals surface area contributed by atoms with E-state index in [2.05, 4.69) is 14.6 Å². The zero-order valence-corrected chi connectivity index (χ0v) is 12.4.